The molecule has 0 aliphatic carbocycles. The first-order valence-electron chi connectivity index (χ1n) is 14.8. The molecule has 2 aromatic carbocycles. The minimum Gasteiger partial charge on any atom is -0.452 e. The lowest BCUT2D eigenvalue weighted by Crippen LogP contribution is -2.50. The summed E-state index contributed by atoms with van der Waals surface area (Å²) < 4.78 is 25.8. The Kier molecular flexibility index (Phi) is 11.3. The summed E-state index contributed by atoms with van der Waals surface area (Å²) in [6, 6.07) is 11.9. The first-order chi connectivity index (χ1) is 20.7. The zero-order chi connectivity index (χ0) is 30.9. The van der Waals surface area contributed by atoms with Crippen LogP contribution in [-0.2, 0) is 20.8 Å². The number of carbonyl (C=O) groups excluding carboxylic acids is 3. The van der Waals surface area contributed by atoms with E-state index in [4.69, 9.17) is 21.7 Å². The van der Waals surface area contributed by atoms with Gasteiger partial charge in [-0.3, -0.25) is 14.6 Å². The molecule has 0 saturated carbocycles. The zero-order valence-electron chi connectivity index (χ0n) is 25.0. The van der Waals surface area contributed by atoms with E-state index in [0.29, 0.717) is 67.6 Å². The van der Waals surface area contributed by atoms with Crippen LogP contribution in [0.25, 0.3) is 0 Å². The van der Waals surface area contributed by atoms with Crippen molar-refractivity contribution in [1.82, 2.24) is 15.1 Å². The molecule has 0 bridgehead atoms. The van der Waals surface area contributed by atoms with Gasteiger partial charge in [0, 0.05) is 32.7 Å². The third kappa shape index (κ3) is 8.41. The Morgan fingerprint density at radius 3 is 2.40 bits per heavy atom. The fourth-order valence-corrected chi connectivity index (χ4v) is 5.15. The van der Waals surface area contributed by atoms with Gasteiger partial charge in [-0.1, -0.05) is 45.1 Å². The second-order valence-electron chi connectivity index (χ2n) is 10.5. The highest BCUT2D eigenvalue weighted by molar-refractivity contribution is 7.80. The van der Waals surface area contributed by atoms with Crippen LogP contribution in [0.15, 0.2) is 42.5 Å². The number of benzene rings is 2. The van der Waals surface area contributed by atoms with Crippen LogP contribution in [-0.4, -0.2) is 97.8 Å². The predicted octanol–water partition coefficient (Wildman–Crippen LogP) is 3.83. The summed E-state index contributed by atoms with van der Waals surface area (Å²) in [6.07, 6.45) is -0.205. The minimum atomic E-state index is -0.544. The smallest absolute Gasteiger partial charge is 0.414 e. The van der Waals surface area contributed by atoms with Crippen molar-refractivity contribution in [3.63, 3.8) is 0 Å². The maximum atomic E-state index is 15.2. The Bertz CT molecular complexity index is 1300. The van der Waals surface area contributed by atoms with E-state index in [1.807, 2.05) is 24.0 Å². The summed E-state index contributed by atoms with van der Waals surface area (Å²) in [6.45, 7) is 10.8. The standard InChI is InChI=1S/C31H40FN5O5S/c1-4-28(43)33-18-25-20-37(31(40)42-25)24-11-12-27(26(32)17-24)35-13-15-36(16-14-35)29(38)21-41-30(39)23-9-7-22(8-10-23)19-34(5-2)6-3/h7-12,17,25H,4-6,13-16,18-21H2,1-3H3,(H,33,43). The van der Waals surface area contributed by atoms with E-state index < -0.39 is 17.9 Å². The Morgan fingerprint density at radius 2 is 1.77 bits per heavy atom. The Hall–Kier alpha value is -3.77. The molecule has 2 saturated heterocycles. The van der Waals surface area contributed by atoms with Crippen LogP contribution in [0.1, 0.15) is 43.1 Å². The number of nitrogens with zero attached hydrogens (tertiary/aromatic N) is 4. The maximum absolute atomic E-state index is 15.2. The molecule has 2 aromatic rings. The number of amides is 2. The molecule has 2 amide bonds. The number of ether oxygens (including phenoxy) is 2. The molecular weight excluding hydrogens is 573 g/mol. The van der Waals surface area contributed by atoms with Gasteiger partial charge in [0.05, 0.1) is 35.0 Å². The maximum Gasteiger partial charge on any atom is 0.414 e. The number of hydrogen-bond donors (Lipinski definition) is 1. The Balaban J connectivity index is 1.24. The predicted molar refractivity (Wildman–Crippen MR) is 167 cm³/mol. The van der Waals surface area contributed by atoms with E-state index in [2.05, 4.69) is 24.1 Å². The van der Waals surface area contributed by atoms with Crippen molar-refractivity contribution in [2.75, 3.05) is 68.8 Å². The van der Waals surface area contributed by atoms with E-state index in [0.717, 1.165) is 25.2 Å². The van der Waals surface area contributed by atoms with Gasteiger partial charge in [0.15, 0.2) is 6.61 Å². The number of cyclic esters (lactones) is 1. The molecule has 0 radical (unpaired) electrons. The number of anilines is 2. The van der Waals surface area contributed by atoms with Crippen LogP contribution in [0.4, 0.5) is 20.6 Å². The van der Waals surface area contributed by atoms with Gasteiger partial charge in [-0.15, -0.1) is 0 Å². The van der Waals surface area contributed by atoms with Gasteiger partial charge in [0.2, 0.25) is 0 Å². The van der Waals surface area contributed by atoms with E-state index in [-0.39, 0.29) is 18.6 Å². The van der Waals surface area contributed by atoms with Crippen molar-refractivity contribution in [2.24, 2.45) is 0 Å². The highest BCUT2D eigenvalue weighted by Crippen LogP contribution is 2.28. The van der Waals surface area contributed by atoms with Crippen LogP contribution < -0.4 is 15.1 Å². The highest BCUT2D eigenvalue weighted by atomic mass is 32.1. The first kappa shape index (κ1) is 32.2. The average Bonchev–Trinajstić information content (AvgIpc) is 3.41. The van der Waals surface area contributed by atoms with Crippen molar-refractivity contribution >= 4 is 46.6 Å². The molecule has 12 heteroatoms. The topological polar surface area (TPSA) is 94.7 Å². The second-order valence-corrected chi connectivity index (χ2v) is 11.0. The molecule has 4 rings (SSSR count). The van der Waals surface area contributed by atoms with Crippen LogP contribution in [0.2, 0.25) is 0 Å². The van der Waals surface area contributed by atoms with E-state index >= 15 is 4.39 Å². The van der Waals surface area contributed by atoms with Crippen LogP contribution >= 0.6 is 12.2 Å². The number of rotatable bonds is 12. The van der Waals surface area contributed by atoms with Gasteiger partial charge in [-0.25, -0.2) is 14.0 Å². The summed E-state index contributed by atoms with van der Waals surface area (Å²) in [5, 5.41) is 3.07. The van der Waals surface area contributed by atoms with E-state index in [1.165, 1.54) is 11.0 Å². The number of hydrogen-bond acceptors (Lipinski definition) is 8. The third-order valence-electron chi connectivity index (χ3n) is 7.76. The summed E-state index contributed by atoms with van der Waals surface area (Å²) in [5.41, 5.74) is 2.31. The summed E-state index contributed by atoms with van der Waals surface area (Å²) in [5.74, 6) is -1.30. The Labute approximate surface area is 257 Å². The molecule has 43 heavy (non-hydrogen) atoms. The largest absolute Gasteiger partial charge is 0.452 e. The van der Waals surface area contributed by atoms with E-state index in [9.17, 15) is 14.4 Å². The molecule has 2 aliphatic rings. The molecule has 0 spiro atoms. The Morgan fingerprint density at radius 1 is 1.07 bits per heavy atom. The zero-order valence-corrected chi connectivity index (χ0v) is 25.8. The fraction of sp³-hybridized carbons (Fsp3) is 0.484. The fourth-order valence-electron chi connectivity index (χ4n) is 5.06. The molecule has 0 aromatic heterocycles. The number of nitrogens with one attached hydrogen (secondary N) is 1. The highest BCUT2D eigenvalue weighted by Gasteiger charge is 2.33. The molecule has 1 atom stereocenters. The van der Waals surface area contributed by atoms with E-state index in [1.54, 1.807) is 29.2 Å². The second kappa shape index (κ2) is 15.1. The minimum absolute atomic E-state index is 0.293. The summed E-state index contributed by atoms with van der Waals surface area (Å²) in [4.78, 5) is 45.5. The molecule has 2 fully saturated rings. The quantitative estimate of drug-likeness (QED) is 0.283. The van der Waals surface area contributed by atoms with Gasteiger partial charge in [-0.05, 0) is 55.4 Å². The number of carbonyl (C=O) groups is 3. The molecule has 2 heterocycles. The van der Waals surface area contributed by atoms with Gasteiger partial charge >= 0.3 is 12.1 Å². The number of halogens is 1. The van der Waals surface area contributed by atoms with Crippen LogP contribution in [0.5, 0.6) is 0 Å². The lowest BCUT2D eigenvalue weighted by molar-refractivity contribution is -0.134. The molecule has 232 valence electrons. The molecular formula is C31H40FN5O5S. The number of esters is 1. The van der Waals surface area contributed by atoms with Crippen LogP contribution in [0.3, 0.4) is 0 Å². The SMILES string of the molecule is CCC(=S)NCC1CN(c2ccc(N3CCN(C(=O)COC(=O)c4ccc(CN(CC)CC)cc4)CC3)c(F)c2)C(=O)O1. The monoisotopic (exact) mass is 613 g/mol. The molecule has 10 nitrogen and oxygen atoms in total. The average molecular weight is 614 g/mol. The van der Waals surface area contributed by atoms with Crippen molar-refractivity contribution < 1.29 is 28.2 Å². The van der Waals surface area contributed by atoms with Crippen molar-refractivity contribution in [2.45, 2.75) is 39.8 Å². The van der Waals surface area contributed by atoms with Crippen molar-refractivity contribution in [3.8, 4) is 0 Å². The van der Waals surface area contributed by atoms with Gasteiger partial charge in [-0.2, -0.15) is 0 Å². The number of thiocarbonyl (C=S) groups is 1. The van der Waals surface area contributed by atoms with Crippen molar-refractivity contribution in [3.05, 3.63) is 59.4 Å². The summed E-state index contributed by atoms with van der Waals surface area (Å²) >= 11 is 5.16. The van der Waals surface area contributed by atoms with Crippen molar-refractivity contribution in [1.29, 1.82) is 0 Å². The first-order valence-corrected chi connectivity index (χ1v) is 15.2. The third-order valence-corrected chi connectivity index (χ3v) is 8.19. The molecule has 1 unspecified atom stereocenters. The summed E-state index contributed by atoms with van der Waals surface area (Å²) in [7, 11) is 0. The van der Waals surface area contributed by atoms with Gasteiger partial charge in [0.25, 0.3) is 5.91 Å². The van der Waals surface area contributed by atoms with Gasteiger partial charge in [0.1, 0.15) is 11.9 Å². The lowest BCUT2D eigenvalue weighted by atomic mass is 10.1. The number of piperazine rings is 1. The molecule has 2 aliphatic heterocycles. The van der Waals surface area contributed by atoms with Gasteiger partial charge < -0.3 is 24.6 Å². The van der Waals surface area contributed by atoms with Crippen LogP contribution in [0, 0.1) is 5.82 Å². The lowest BCUT2D eigenvalue weighted by Gasteiger charge is -2.36. The normalized spacial score (nSPS) is 16.8. The molecule has 1 N–H and O–H groups in total.